The van der Waals surface area contributed by atoms with Crippen LogP contribution in [0.2, 0.25) is 0 Å². The second-order valence-electron chi connectivity index (χ2n) is 18.7. The molecule has 0 aliphatic carbocycles. The number of carbonyl (C=O) groups excluding carboxylic acids is 2. The number of allylic oxidation sites excluding steroid dienone is 8. The SMILES string of the molecule is CC/C=C/C=C/C=C\CCCCCCCC(=O)OC(CCCCC/C=C/CCCCCCCCCCC)CC(=O)NC(CO)C(O)CCCCCCCCCCCCCCCCC. The van der Waals surface area contributed by atoms with Crippen LogP contribution in [0.1, 0.15) is 278 Å². The summed E-state index contributed by atoms with van der Waals surface area (Å²) in [5, 5.41) is 23.8. The number of aliphatic hydroxyl groups excluding tert-OH is 2. The van der Waals surface area contributed by atoms with Crippen LogP contribution in [-0.2, 0) is 14.3 Å². The predicted molar refractivity (Wildman–Crippen MR) is 273 cm³/mol. The molecule has 0 saturated heterocycles. The van der Waals surface area contributed by atoms with Gasteiger partial charge in [-0.2, -0.15) is 0 Å². The van der Waals surface area contributed by atoms with Gasteiger partial charge in [0.15, 0.2) is 0 Å². The number of carbonyl (C=O) groups is 2. The fraction of sp³-hybridized carbons (Fsp3) is 0.825. The van der Waals surface area contributed by atoms with Crippen LogP contribution in [0.5, 0.6) is 0 Å². The van der Waals surface area contributed by atoms with E-state index in [4.69, 9.17) is 4.74 Å². The summed E-state index contributed by atoms with van der Waals surface area (Å²) in [5.74, 6) is -0.505. The molecule has 0 aromatic carbocycles. The lowest BCUT2D eigenvalue weighted by atomic mass is 10.0. The summed E-state index contributed by atoms with van der Waals surface area (Å²) in [6.07, 6.45) is 61.7. The quantitative estimate of drug-likeness (QED) is 0.0245. The van der Waals surface area contributed by atoms with Crippen molar-refractivity contribution in [2.45, 2.75) is 296 Å². The molecule has 1 amide bonds. The summed E-state index contributed by atoms with van der Waals surface area (Å²) in [7, 11) is 0. The first-order chi connectivity index (χ1) is 31.0. The van der Waals surface area contributed by atoms with Crippen molar-refractivity contribution in [1.82, 2.24) is 5.32 Å². The molecule has 6 heteroatoms. The number of aliphatic hydroxyl groups is 2. The van der Waals surface area contributed by atoms with Gasteiger partial charge in [0, 0.05) is 6.42 Å². The highest BCUT2D eigenvalue weighted by Crippen LogP contribution is 2.18. The average molecular weight is 884 g/mol. The van der Waals surface area contributed by atoms with Crippen molar-refractivity contribution >= 4 is 11.9 Å². The van der Waals surface area contributed by atoms with E-state index in [0.29, 0.717) is 19.3 Å². The Morgan fingerprint density at radius 1 is 0.476 bits per heavy atom. The smallest absolute Gasteiger partial charge is 0.306 e. The second kappa shape index (κ2) is 50.8. The van der Waals surface area contributed by atoms with Gasteiger partial charge < -0.3 is 20.3 Å². The number of ether oxygens (including phenoxy) is 1. The Morgan fingerprint density at radius 2 is 0.873 bits per heavy atom. The summed E-state index contributed by atoms with van der Waals surface area (Å²) >= 11 is 0. The number of unbranched alkanes of at least 4 members (excludes halogenated alkanes) is 31. The molecule has 0 heterocycles. The van der Waals surface area contributed by atoms with Crippen LogP contribution in [0.25, 0.3) is 0 Å². The minimum atomic E-state index is -0.795. The Morgan fingerprint density at radius 3 is 1.35 bits per heavy atom. The maximum atomic E-state index is 13.2. The molecule has 0 saturated carbocycles. The van der Waals surface area contributed by atoms with E-state index < -0.39 is 18.2 Å². The largest absolute Gasteiger partial charge is 0.462 e. The lowest BCUT2D eigenvalue weighted by Crippen LogP contribution is -2.46. The molecule has 3 unspecified atom stereocenters. The first-order valence-corrected chi connectivity index (χ1v) is 27.4. The molecule has 0 rings (SSSR count). The highest BCUT2D eigenvalue weighted by molar-refractivity contribution is 5.77. The minimum absolute atomic E-state index is 0.0597. The third-order valence-electron chi connectivity index (χ3n) is 12.5. The fourth-order valence-corrected chi connectivity index (χ4v) is 8.31. The molecule has 3 N–H and O–H groups in total. The van der Waals surface area contributed by atoms with Gasteiger partial charge in [0.05, 0.1) is 25.2 Å². The Balaban J connectivity index is 4.59. The summed E-state index contributed by atoms with van der Waals surface area (Å²) in [6, 6.07) is -0.710. The Hall–Kier alpha value is -2.18. The third kappa shape index (κ3) is 46.2. The molecule has 63 heavy (non-hydrogen) atoms. The number of rotatable bonds is 49. The zero-order chi connectivity index (χ0) is 45.9. The van der Waals surface area contributed by atoms with E-state index in [-0.39, 0.29) is 24.9 Å². The molecule has 6 nitrogen and oxygen atoms in total. The second-order valence-corrected chi connectivity index (χ2v) is 18.7. The van der Waals surface area contributed by atoms with Gasteiger partial charge in [-0.05, 0) is 70.6 Å². The first kappa shape index (κ1) is 60.8. The highest BCUT2D eigenvalue weighted by Gasteiger charge is 2.24. The summed E-state index contributed by atoms with van der Waals surface area (Å²) in [5.41, 5.74) is 0. The lowest BCUT2D eigenvalue weighted by Gasteiger charge is -2.24. The van der Waals surface area contributed by atoms with E-state index in [1.165, 1.54) is 141 Å². The molecule has 0 fully saturated rings. The third-order valence-corrected chi connectivity index (χ3v) is 12.5. The Labute approximate surface area is 391 Å². The molecule has 0 spiro atoms. The molecule has 0 aliphatic heterocycles. The van der Waals surface area contributed by atoms with Gasteiger partial charge in [-0.3, -0.25) is 9.59 Å². The van der Waals surface area contributed by atoms with Crippen molar-refractivity contribution in [3.05, 3.63) is 48.6 Å². The van der Waals surface area contributed by atoms with Crippen LogP contribution in [0.4, 0.5) is 0 Å². The number of nitrogens with one attached hydrogen (secondary N) is 1. The summed E-state index contributed by atoms with van der Waals surface area (Å²) < 4.78 is 5.93. The molecule has 368 valence electrons. The van der Waals surface area contributed by atoms with Crippen LogP contribution in [-0.4, -0.2) is 46.9 Å². The van der Waals surface area contributed by atoms with Crippen LogP contribution in [0, 0.1) is 0 Å². The number of hydrogen-bond acceptors (Lipinski definition) is 5. The molecular formula is C57H105NO5. The van der Waals surface area contributed by atoms with Gasteiger partial charge in [0.1, 0.15) is 6.10 Å². The number of esters is 1. The molecule has 0 bridgehead atoms. The van der Waals surface area contributed by atoms with E-state index in [9.17, 15) is 19.8 Å². The lowest BCUT2D eigenvalue weighted by molar-refractivity contribution is -0.151. The van der Waals surface area contributed by atoms with E-state index in [0.717, 1.165) is 89.9 Å². The van der Waals surface area contributed by atoms with Gasteiger partial charge in [0.25, 0.3) is 0 Å². The van der Waals surface area contributed by atoms with Crippen molar-refractivity contribution in [2.24, 2.45) is 0 Å². The minimum Gasteiger partial charge on any atom is -0.462 e. The zero-order valence-corrected chi connectivity index (χ0v) is 42.0. The van der Waals surface area contributed by atoms with E-state index in [1.807, 2.05) is 0 Å². The van der Waals surface area contributed by atoms with E-state index in [2.05, 4.69) is 74.7 Å². The normalized spacial score (nSPS) is 13.5. The Bertz CT molecular complexity index is 1080. The van der Waals surface area contributed by atoms with Crippen molar-refractivity contribution in [2.75, 3.05) is 6.61 Å². The van der Waals surface area contributed by atoms with Crippen LogP contribution < -0.4 is 5.32 Å². The molecule has 0 aliphatic rings. The number of hydrogen-bond donors (Lipinski definition) is 3. The number of amides is 1. The topological polar surface area (TPSA) is 95.9 Å². The van der Waals surface area contributed by atoms with E-state index in [1.54, 1.807) is 0 Å². The van der Waals surface area contributed by atoms with Gasteiger partial charge in [-0.15, -0.1) is 0 Å². The maximum Gasteiger partial charge on any atom is 0.306 e. The molecule has 3 atom stereocenters. The van der Waals surface area contributed by atoms with Crippen LogP contribution in [0.3, 0.4) is 0 Å². The maximum absolute atomic E-state index is 13.2. The first-order valence-electron chi connectivity index (χ1n) is 27.4. The highest BCUT2D eigenvalue weighted by atomic mass is 16.5. The van der Waals surface area contributed by atoms with Gasteiger partial charge in [-0.1, -0.05) is 243 Å². The standard InChI is InChI=1S/C57H105NO5/c1-4-7-10-13-16-19-22-25-27-29-31-33-36-39-42-45-48-53(63-57(62)50-47-44-41-38-35-30-24-21-18-15-12-9-6-3)51-56(61)58-54(52-59)55(60)49-46-43-40-37-34-32-28-26-23-20-17-14-11-8-5-2/h9,12,15,18,21,24,31,33,53-55,59-60H,4-8,10-11,13-14,16-17,19-20,22-23,25-30,32,34-52H2,1-3H3,(H,58,61)/b12-9+,18-15+,24-21-,33-31+. The average Bonchev–Trinajstić information content (AvgIpc) is 3.28. The van der Waals surface area contributed by atoms with Crippen molar-refractivity contribution < 1.29 is 24.5 Å². The molecule has 0 aromatic rings. The fourth-order valence-electron chi connectivity index (χ4n) is 8.31. The molecule has 0 radical (unpaired) electrons. The zero-order valence-electron chi connectivity index (χ0n) is 42.0. The molecular weight excluding hydrogens is 779 g/mol. The van der Waals surface area contributed by atoms with Crippen molar-refractivity contribution in [3.8, 4) is 0 Å². The van der Waals surface area contributed by atoms with Gasteiger partial charge in [-0.25, -0.2) is 0 Å². The predicted octanol–water partition coefficient (Wildman–Crippen LogP) is 16.6. The van der Waals surface area contributed by atoms with Crippen LogP contribution in [0.15, 0.2) is 48.6 Å². The summed E-state index contributed by atoms with van der Waals surface area (Å²) in [6.45, 7) is 6.37. The van der Waals surface area contributed by atoms with Crippen LogP contribution >= 0.6 is 0 Å². The Kier molecular flexibility index (Phi) is 49.1. The van der Waals surface area contributed by atoms with Crippen molar-refractivity contribution in [1.29, 1.82) is 0 Å². The van der Waals surface area contributed by atoms with Crippen molar-refractivity contribution in [3.63, 3.8) is 0 Å². The van der Waals surface area contributed by atoms with Gasteiger partial charge in [0.2, 0.25) is 5.91 Å². The molecule has 0 aromatic heterocycles. The van der Waals surface area contributed by atoms with Gasteiger partial charge >= 0.3 is 5.97 Å². The monoisotopic (exact) mass is 884 g/mol. The summed E-state index contributed by atoms with van der Waals surface area (Å²) in [4.78, 5) is 26.2. The van der Waals surface area contributed by atoms with E-state index >= 15 is 0 Å².